The molecule has 0 aliphatic carbocycles. The van der Waals surface area contributed by atoms with Crippen LogP contribution < -0.4 is 0 Å². The predicted octanol–water partition coefficient (Wildman–Crippen LogP) is 2.26. The van der Waals surface area contributed by atoms with Crippen LogP contribution in [0.2, 0.25) is 5.02 Å². The number of halogens is 2. The average Bonchev–Trinajstić information content (AvgIpc) is 2.89. The lowest BCUT2D eigenvalue weighted by atomic mass is 10.1. The minimum atomic E-state index is -0.648. The van der Waals surface area contributed by atoms with Gasteiger partial charge in [-0.2, -0.15) is 0 Å². The van der Waals surface area contributed by atoms with E-state index >= 15 is 0 Å². The van der Waals surface area contributed by atoms with Crippen molar-refractivity contribution in [2.24, 2.45) is 0 Å². The molecule has 2 rings (SSSR count). The smallest absolute Gasteiger partial charge is 0.328 e. The first kappa shape index (κ1) is 13.8. The lowest BCUT2D eigenvalue weighted by molar-refractivity contribution is -0.145. The van der Waals surface area contributed by atoms with Gasteiger partial charge >= 0.3 is 5.97 Å². The van der Waals surface area contributed by atoms with Crippen LogP contribution in [0.1, 0.15) is 23.2 Å². The number of hydrogen-bond acceptors (Lipinski definition) is 3. The van der Waals surface area contributed by atoms with E-state index in [4.69, 9.17) is 11.6 Å². The number of likely N-dealkylation sites (tertiary alicyclic amines) is 1. The Bertz CT molecular complexity index is 521. The number of esters is 1. The number of rotatable bonds is 2. The van der Waals surface area contributed by atoms with E-state index in [9.17, 15) is 14.0 Å². The number of methoxy groups -OCH3 is 1. The summed E-state index contributed by atoms with van der Waals surface area (Å²) in [6.07, 6.45) is 1.22. The Balaban J connectivity index is 2.28. The number of carbonyl (C=O) groups excluding carboxylic acids is 2. The van der Waals surface area contributed by atoms with Crippen molar-refractivity contribution in [3.05, 3.63) is 34.6 Å². The maximum atomic E-state index is 13.7. The molecule has 1 aliphatic heterocycles. The lowest BCUT2D eigenvalue weighted by Crippen LogP contribution is -2.41. The van der Waals surface area contributed by atoms with Crippen molar-refractivity contribution in [3.63, 3.8) is 0 Å². The third kappa shape index (κ3) is 2.71. The van der Waals surface area contributed by atoms with E-state index in [-0.39, 0.29) is 10.6 Å². The van der Waals surface area contributed by atoms with Crippen LogP contribution in [0.3, 0.4) is 0 Å². The topological polar surface area (TPSA) is 46.6 Å². The van der Waals surface area contributed by atoms with Crippen molar-refractivity contribution in [2.45, 2.75) is 18.9 Å². The van der Waals surface area contributed by atoms with Crippen LogP contribution in [0, 0.1) is 5.82 Å². The normalized spacial score (nSPS) is 18.5. The first-order valence-corrected chi connectivity index (χ1v) is 6.26. The molecule has 0 aromatic heterocycles. The number of benzene rings is 1. The maximum Gasteiger partial charge on any atom is 0.328 e. The molecule has 0 bridgehead atoms. The van der Waals surface area contributed by atoms with Crippen molar-refractivity contribution in [2.75, 3.05) is 13.7 Å². The van der Waals surface area contributed by atoms with E-state index in [1.807, 2.05) is 0 Å². The fourth-order valence-electron chi connectivity index (χ4n) is 2.21. The second kappa shape index (κ2) is 5.57. The number of hydrogen-bond donors (Lipinski definition) is 0. The zero-order chi connectivity index (χ0) is 14.0. The van der Waals surface area contributed by atoms with Crippen molar-refractivity contribution in [1.82, 2.24) is 4.90 Å². The molecule has 1 saturated heterocycles. The largest absolute Gasteiger partial charge is 0.467 e. The Hall–Kier alpha value is -1.62. The fraction of sp³-hybridized carbons (Fsp3) is 0.385. The molecule has 6 heteroatoms. The number of ether oxygens (including phenoxy) is 1. The summed E-state index contributed by atoms with van der Waals surface area (Å²) in [6, 6.07) is 3.14. The molecule has 0 spiro atoms. The molecule has 1 aromatic rings. The van der Waals surface area contributed by atoms with Crippen LogP contribution in [0.4, 0.5) is 4.39 Å². The molecule has 1 fully saturated rings. The molecule has 1 unspecified atom stereocenters. The molecule has 4 nitrogen and oxygen atoms in total. The van der Waals surface area contributed by atoms with Gasteiger partial charge in [0.1, 0.15) is 11.9 Å². The van der Waals surface area contributed by atoms with Gasteiger partial charge in [0.25, 0.3) is 5.91 Å². The Kier molecular flexibility index (Phi) is 4.04. The molecule has 1 aliphatic rings. The van der Waals surface area contributed by atoms with Gasteiger partial charge in [-0.05, 0) is 31.0 Å². The highest BCUT2D eigenvalue weighted by molar-refractivity contribution is 6.31. The quantitative estimate of drug-likeness (QED) is 0.783. The molecular formula is C13H13ClFNO3. The molecule has 1 amide bonds. The lowest BCUT2D eigenvalue weighted by Gasteiger charge is -2.22. The first-order valence-electron chi connectivity index (χ1n) is 5.88. The summed E-state index contributed by atoms with van der Waals surface area (Å²) in [5.41, 5.74) is -0.122. The van der Waals surface area contributed by atoms with Crippen molar-refractivity contribution in [1.29, 1.82) is 0 Å². The molecule has 0 radical (unpaired) electrons. The highest BCUT2D eigenvalue weighted by Gasteiger charge is 2.36. The van der Waals surface area contributed by atoms with Crippen molar-refractivity contribution >= 4 is 23.5 Å². The molecular weight excluding hydrogens is 273 g/mol. The van der Waals surface area contributed by atoms with Crippen LogP contribution >= 0.6 is 11.6 Å². The van der Waals surface area contributed by atoms with E-state index in [0.29, 0.717) is 19.4 Å². The van der Waals surface area contributed by atoms with Gasteiger partial charge in [0.15, 0.2) is 0 Å². The first-order chi connectivity index (χ1) is 9.04. The van der Waals surface area contributed by atoms with Gasteiger partial charge in [-0.3, -0.25) is 4.79 Å². The van der Waals surface area contributed by atoms with Gasteiger partial charge < -0.3 is 9.64 Å². The molecule has 1 aromatic carbocycles. The third-order valence-electron chi connectivity index (χ3n) is 3.15. The second-order valence-electron chi connectivity index (χ2n) is 4.30. The van der Waals surface area contributed by atoms with Gasteiger partial charge in [0.2, 0.25) is 0 Å². The summed E-state index contributed by atoms with van der Waals surface area (Å²) in [4.78, 5) is 25.2. The van der Waals surface area contributed by atoms with Crippen molar-refractivity contribution in [3.8, 4) is 0 Å². The number of carbonyl (C=O) groups is 2. The second-order valence-corrected chi connectivity index (χ2v) is 4.74. The summed E-state index contributed by atoms with van der Waals surface area (Å²) < 4.78 is 18.3. The molecule has 19 heavy (non-hydrogen) atoms. The van der Waals surface area contributed by atoms with Crippen LogP contribution in [-0.4, -0.2) is 36.5 Å². The molecule has 102 valence electrons. The zero-order valence-electron chi connectivity index (χ0n) is 10.4. The highest BCUT2D eigenvalue weighted by atomic mass is 35.5. The minimum absolute atomic E-state index is 0.122. The molecule has 0 saturated carbocycles. The minimum Gasteiger partial charge on any atom is -0.467 e. The Morgan fingerprint density at radius 3 is 2.89 bits per heavy atom. The highest BCUT2D eigenvalue weighted by Crippen LogP contribution is 2.23. The van der Waals surface area contributed by atoms with Crippen LogP contribution in [0.25, 0.3) is 0 Å². The molecule has 0 N–H and O–H groups in total. The van der Waals surface area contributed by atoms with Crippen LogP contribution in [0.5, 0.6) is 0 Å². The van der Waals surface area contributed by atoms with Crippen molar-refractivity contribution < 1.29 is 18.7 Å². The van der Waals surface area contributed by atoms with E-state index in [1.54, 1.807) is 0 Å². The zero-order valence-corrected chi connectivity index (χ0v) is 11.1. The van der Waals surface area contributed by atoms with Gasteiger partial charge in [0, 0.05) is 11.6 Å². The van der Waals surface area contributed by atoms with Gasteiger partial charge in [0.05, 0.1) is 12.7 Å². The van der Waals surface area contributed by atoms with Crippen LogP contribution in [0.15, 0.2) is 18.2 Å². The van der Waals surface area contributed by atoms with E-state index < -0.39 is 23.7 Å². The molecule has 1 heterocycles. The van der Waals surface area contributed by atoms with E-state index in [2.05, 4.69) is 4.74 Å². The predicted molar refractivity (Wildman–Crippen MR) is 67.5 cm³/mol. The SMILES string of the molecule is COC(=O)C1CCCN1C(=O)c1cc(Cl)ccc1F. The Morgan fingerprint density at radius 2 is 2.21 bits per heavy atom. The fourth-order valence-corrected chi connectivity index (χ4v) is 2.38. The summed E-state index contributed by atoms with van der Waals surface area (Å²) in [5, 5.41) is 0.276. The Morgan fingerprint density at radius 1 is 1.47 bits per heavy atom. The van der Waals surface area contributed by atoms with Gasteiger partial charge in [-0.1, -0.05) is 11.6 Å². The summed E-state index contributed by atoms with van der Waals surface area (Å²) >= 11 is 5.76. The summed E-state index contributed by atoms with van der Waals surface area (Å²) in [6.45, 7) is 0.407. The standard InChI is InChI=1S/C13H13ClFNO3/c1-19-13(18)11-3-2-6-16(11)12(17)9-7-8(14)4-5-10(9)15/h4-5,7,11H,2-3,6H2,1H3. The monoisotopic (exact) mass is 285 g/mol. The Labute approximate surface area is 115 Å². The van der Waals surface area contributed by atoms with Gasteiger partial charge in [-0.15, -0.1) is 0 Å². The summed E-state index contributed by atoms with van der Waals surface area (Å²) in [5.74, 6) is -1.66. The van der Waals surface area contributed by atoms with E-state index in [0.717, 1.165) is 6.07 Å². The van der Waals surface area contributed by atoms with E-state index in [1.165, 1.54) is 24.1 Å². The maximum absolute atomic E-state index is 13.7. The summed E-state index contributed by atoms with van der Waals surface area (Å²) in [7, 11) is 1.27. The van der Waals surface area contributed by atoms with Crippen LogP contribution in [-0.2, 0) is 9.53 Å². The molecule has 1 atom stereocenters. The average molecular weight is 286 g/mol. The number of amides is 1. The third-order valence-corrected chi connectivity index (χ3v) is 3.38. The number of nitrogens with zero attached hydrogens (tertiary/aromatic N) is 1. The van der Waals surface area contributed by atoms with Gasteiger partial charge in [-0.25, -0.2) is 9.18 Å².